The zero-order valence-electron chi connectivity index (χ0n) is 27.6. The Bertz CT molecular complexity index is 263. The van der Waals surface area contributed by atoms with Crippen LogP contribution in [0.5, 0.6) is 0 Å². The first-order valence-corrected chi connectivity index (χ1v) is 12.9. The summed E-state index contributed by atoms with van der Waals surface area (Å²) in [4.78, 5) is 0. The van der Waals surface area contributed by atoms with Crippen molar-refractivity contribution in [1.29, 1.82) is 0 Å². The summed E-state index contributed by atoms with van der Waals surface area (Å²) in [5.74, 6) is 0. The van der Waals surface area contributed by atoms with E-state index in [1.807, 2.05) is 0 Å². The van der Waals surface area contributed by atoms with Crippen LogP contribution in [0.3, 0.4) is 0 Å². The van der Waals surface area contributed by atoms with Crippen LogP contribution >= 0.6 is 0 Å². The third kappa shape index (κ3) is 72.7. The molecular formula is C24H52Cl4K2NpO16-6. The smallest absolute Gasteiger partial charge is 1.00 e. The number of rotatable bonds is 0. The molecule has 0 bridgehead atoms. The van der Waals surface area contributed by atoms with Crippen molar-refractivity contribution in [1.82, 2.24) is 0 Å². The third-order valence-electron chi connectivity index (χ3n) is 4.46. The molecule has 0 aliphatic carbocycles. The van der Waals surface area contributed by atoms with Crippen molar-refractivity contribution >= 4 is 0 Å². The van der Waals surface area contributed by atoms with Gasteiger partial charge in [-0.1, -0.05) is 0 Å². The van der Waals surface area contributed by atoms with Gasteiger partial charge in [0.2, 0.25) is 0 Å². The standard InChI is InChI=1S/2C12H24O6.4ClH.2K.Np.2H2O.2O/c2*1-2-14-5-6-16-9-10-18-12-11-17-8-7-15-4-3-13-1;;;;;;;;;;;/h2*1-12H2;4*1H;;;;2*1H2;;/q;;;;;;2*+1;;;;2*-2/p-4. The van der Waals surface area contributed by atoms with Crippen LogP contribution < -0.4 is 152 Å². The molecular weight excluding hydrogens is 1000 g/mol. The molecule has 285 valence electrons. The molecule has 47 heavy (non-hydrogen) atoms. The summed E-state index contributed by atoms with van der Waals surface area (Å²) in [5.41, 5.74) is 0. The van der Waals surface area contributed by atoms with E-state index in [0.717, 1.165) is 0 Å². The zero-order chi connectivity index (χ0) is 25.5. The maximum Gasteiger partial charge on any atom is 1.00 e. The topological polar surface area (TPSA) is 231 Å². The van der Waals surface area contributed by atoms with E-state index in [9.17, 15) is 0 Å². The van der Waals surface area contributed by atoms with E-state index in [1.165, 1.54) is 0 Å². The summed E-state index contributed by atoms with van der Waals surface area (Å²) in [7, 11) is 0. The molecule has 0 aromatic rings. The predicted octanol–water partition coefficient (Wildman–Crippen LogP) is -19.7. The van der Waals surface area contributed by atoms with Gasteiger partial charge in [-0.15, -0.1) is 0 Å². The van der Waals surface area contributed by atoms with Crippen LogP contribution in [0.15, 0.2) is 0 Å². The molecule has 1 radical (unpaired) electrons. The van der Waals surface area contributed by atoms with Crippen LogP contribution in [-0.2, 0) is 67.8 Å². The van der Waals surface area contributed by atoms with Gasteiger partial charge in [0.15, 0.2) is 0 Å². The first kappa shape index (κ1) is 80.3. The predicted molar refractivity (Wildman–Crippen MR) is 138 cm³/mol. The van der Waals surface area contributed by atoms with E-state index >= 15 is 0 Å². The van der Waals surface area contributed by atoms with E-state index in [-0.39, 0.29) is 204 Å². The van der Waals surface area contributed by atoms with Gasteiger partial charge < -0.3 is 128 Å². The number of hydrogen-bond acceptors (Lipinski definition) is 12. The van der Waals surface area contributed by atoms with Gasteiger partial charge in [-0.05, 0) is 0 Å². The molecule has 2 aliphatic heterocycles. The Morgan fingerprint density at radius 2 is 0.234 bits per heavy atom. The minimum absolute atomic E-state index is 0. The number of halogens is 4. The van der Waals surface area contributed by atoms with Gasteiger partial charge in [-0.25, -0.2) is 0 Å². The summed E-state index contributed by atoms with van der Waals surface area (Å²) in [5, 5.41) is 0. The van der Waals surface area contributed by atoms with Crippen molar-refractivity contribution in [3.63, 3.8) is 0 Å². The fourth-order valence-electron chi connectivity index (χ4n) is 2.64. The molecule has 4 N–H and O–H groups in total. The van der Waals surface area contributed by atoms with Crippen molar-refractivity contribution in [2.75, 3.05) is 159 Å². The third-order valence-corrected chi connectivity index (χ3v) is 4.46. The van der Waals surface area contributed by atoms with Crippen LogP contribution in [0.25, 0.3) is 0 Å². The molecule has 0 atom stereocenters. The molecule has 2 heterocycles. The van der Waals surface area contributed by atoms with E-state index < -0.39 is 0 Å². The van der Waals surface area contributed by atoms with Gasteiger partial charge >= 0.3 is 103 Å². The Morgan fingerprint density at radius 3 is 0.277 bits per heavy atom. The zero-order valence-corrected chi connectivity index (χ0v) is 40.6. The van der Waals surface area contributed by atoms with Gasteiger partial charge in [0, 0.05) is 29.9 Å². The molecule has 0 aromatic heterocycles. The average molecular weight is 1050 g/mol. The number of hydrogen-bond donors (Lipinski definition) is 0. The van der Waals surface area contributed by atoms with E-state index in [4.69, 9.17) is 56.8 Å². The monoisotopic (exact) mass is 1050 g/mol. The fourth-order valence-corrected chi connectivity index (χ4v) is 2.64. The van der Waals surface area contributed by atoms with Gasteiger partial charge in [0.25, 0.3) is 0 Å². The number of ether oxygens (including phenoxy) is 12. The Morgan fingerprint density at radius 1 is 0.191 bits per heavy atom. The molecule has 2 fully saturated rings. The summed E-state index contributed by atoms with van der Waals surface area (Å²) in [6, 6.07) is 0. The second-order valence-corrected chi connectivity index (χ2v) is 7.35. The molecule has 16 nitrogen and oxygen atoms in total. The van der Waals surface area contributed by atoms with Crippen molar-refractivity contribution in [3.05, 3.63) is 0 Å². The molecule has 0 saturated carbocycles. The molecule has 2 rings (SSSR count). The second-order valence-electron chi connectivity index (χ2n) is 7.35. The molecule has 0 aromatic carbocycles. The summed E-state index contributed by atoms with van der Waals surface area (Å²) in [6.07, 6.45) is 0. The van der Waals surface area contributed by atoms with Crippen LogP contribution in [0.1, 0.15) is 0 Å². The first-order valence-electron chi connectivity index (χ1n) is 12.9. The minimum atomic E-state index is 0. The van der Waals surface area contributed by atoms with Gasteiger partial charge in [-0.3, -0.25) is 0 Å². The van der Waals surface area contributed by atoms with Gasteiger partial charge in [0.05, 0.1) is 159 Å². The molecule has 0 amide bonds. The first-order chi connectivity index (χ1) is 18.0. The van der Waals surface area contributed by atoms with E-state index in [0.29, 0.717) is 159 Å². The quantitative estimate of drug-likeness (QED) is 0.206. The van der Waals surface area contributed by atoms with Gasteiger partial charge in [0.1, 0.15) is 0 Å². The summed E-state index contributed by atoms with van der Waals surface area (Å²) in [6.45, 7) is 14.1. The Kier molecular flexibility index (Phi) is 129. The maximum atomic E-state index is 5.33. The SMILES string of the molecule is C1COCCOCCOCCOCCOCCO1.C1COCCOCCOCCOCCOCCO1.O.O.[Cl-].[Cl-].[Cl-].[Cl-].[K+].[K+].[Np].[O-2].[O-2]. The Hall–Kier alpha value is 4.81. The van der Waals surface area contributed by atoms with Crippen molar-refractivity contribution in [2.45, 2.75) is 0 Å². The van der Waals surface area contributed by atoms with Crippen LogP contribution in [-0.4, -0.2) is 170 Å². The summed E-state index contributed by atoms with van der Waals surface area (Å²) < 4.78 is 63.9. The van der Waals surface area contributed by atoms with Crippen LogP contribution in [0.4, 0.5) is 0 Å². The normalized spacial score (nSPS) is 18.4. The summed E-state index contributed by atoms with van der Waals surface area (Å²) >= 11 is 0. The van der Waals surface area contributed by atoms with Gasteiger partial charge in [-0.2, -0.15) is 0 Å². The maximum absolute atomic E-state index is 5.33. The molecule has 23 heteroatoms. The Labute approximate surface area is 413 Å². The Balaban J connectivity index is -0.0000000497. The van der Waals surface area contributed by atoms with Crippen molar-refractivity contribution in [2.24, 2.45) is 0 Å². The fraction of sp³-hybridized carbons (Fsp3) is 1.00. The molecule has 0 spiro atoms. The molecule has 2 aliphatic rings. The van der Waals surface area contributed by atoms with E-state index in [1.54, 1.807) is 0 Å². The van der Waals surface area contributed by atoms with E-state index in [2.05, 4.69) is 0 Å². The van der Waals surface area contributed by atoms with Crippen molar-refractivity contribution in [3.8, 4) is 0 Å². The average Bonchev–Trinajstić information content (AvgIpc) is 2.89. The second kappa shape index (κ2) is 75.7. The molecule has 2 saturated heterocycles. The largest absolute Gasteiger partial charge is 2.00 e. The van der Waals surface area contributed by atoms with Crippen molar-refractivity contribution < 1.29 is 261 Å². The van der Waals surface area contributed by atoms with Crippen LogP contribution in [0.2, 0.25) is 0 Å². The minimum Gasteiger partial charge on any atom is -2.00 e. The molecule has 0 unspecified atom stereocenters. The van der Waals surface area contributed by atoms with Crippen LogP contribution in [0, 0.1) is 29.9 Å².